The average molecular weight is 407 g/mol. The molecule has 4 fully saturated rings. The molecule has 0 aliphatic heterocycles. The number of hydrogen-bond donors (Lipinski definition) is 2. The van der Waals surface area contributed by atoms with E-state index in [1.165, 1.54) is 31.4 Å². The topological polar surface area (TPSA) is 84.5 Å². The predicted molar refractivity (Wildman–Crippen MR) is 106 cm³/mol. The lowest BCUT2D eigenvalue weighted by atomic mass is 9.49. The second kappa shape index (κ2) is 7.67. The van der Waals surface area contributed by atoms with Gasteiger partial charge in [0.25, 0.3) is 0 Å². The van der Waals surface area contributed by atoms with Gasteiger partial charge in [-0.15, -0.1) is 0 Å². The summed E-state index contributed by atoms with van der Waals surface area (Å²) in [6, 6.07) is 6.35. The minimum atomic E-state index is -3.59. The maximum atomic E-state index is 12.9. The standard InChI is InChI=1S/C21H30N2O4S/c1-2-27-18-3-5-19(6-4-18)28(25,26)23-8-7-22-20(24)21-12-15-9-16(13-21)11-17(10-15)14-21/h3-6,15-17,23H,2,7-14H2,1H3,(H,22,24). The van der Waals surface area contributed by atoms with Gasteiger partial charge in [-0.3, -0.25) is 4.79 Å². The largest absolute Gasteiger partial charge is 0.494 e. The molecule has 4 aliphatic carbocycles. The fourth-order valence-corrected chi connectivity index (χ4v) is 6.93. The van der Waals surface area contributed by atoms with Crippen molar-refractivity contribution < 1.29 is 17.9 Å². The van der Waals surface area contributed by atoms with Crippen LogP contribution in [0.25, 0.3) is 0 Å². The molecule has 4 saturated carbocycles. The van der Waals surface area contributed by atoms with Crippen LogP contribution in [0.15, 0.2) is 29.2 Å². The summed E-state index contributed by atoms with van der Waals surface area (Å²) >= 11 is 0. The summed E-state index contributed by atoms with van der Waals surface area (Å²) in [5.74, 6) is 2.93. The number of amides is 1. The van der Waals surface area contributed by atoms with E-state index in [1.807, 2.05) is 6.92 Å². The Morgan fingerprint density at radius 3 is 2.14 bits per heavy atom. The van der Waals surface area contributed by atoms with Gasteiger partial charge < -0.3 is 10.1 Å². The molecular formula is C21H30N2O4S. The minimum Gasteiger partial charge on any atom is -0.494 e. The first-order chi connectivity index (χ1) is 13.4. The molecule has 6 nitrogen and oxygen atoms in total. The van der Waals surface area contributed by atoms with Gasteiger partial charge >= 0.3 is 0 Å². The van der Waals surface area contributed by atoms with Crippen LogP contribution in [0.1, 0.15) is 45.4 Å². The number of hydrogen-bond acceptors (Lipinski definition) is 4. The Labute approximate surface area is 167 Å². The molecule has 0 unspecified atom stereocenters. The van der Waals surface area contributed by atoms with Gasteiger partial charge in [-0.2, -0.15) is 0 Å². The lowest BCUT2D eigenvalue weighted by molar-refractivity contribution is -0.146. The predicted octanol–water partition coefficient (Wildman–Crippen LogP) is 2.70. The number of nitrogens with one attached hydrogen (secondary N) is 2. The molecule has 1 aromatic carbocycles. The third kappa shape index (κ3) is 3.92. The summed E-state index contributed by atoms with van der Waals surface area (Å²) in [6.07, 6.45) is 6.95. The molecule has 5 rings (SSSR count). The summed E-state index contributed by atoms with van der Waals surface area (Å²) in [7, 11) is -3.59. The zero-order valence-corrected chi connectivity index (χ0v) is 17.3. The third-order valence-corrected chi connectivity index (χ3v) is 8.14. The van der Waals surface area contributed by atoms with E-state index in [-0.39, 0.29) is 22.8 Å². The van der Waals surface area contributed by atoms with Crippen molar-refractivity contribution in [2.75, 3.05) is 19.7 Å². The van der Waals surface area contributed by atoms with Crippen LogP contribution in [0.5, 0.6) is 5.75 Å². The van der Waals surface area contributed by atoms with Crippen molar-refractivity contribution >= 4 is 15.9 Å². The van der Waals surface area contributed by atoms with E-state index in [0.29, 0.717) is 18.9 Å². The number of rotatable bonds is 8. The van der Waals surface area contributed by atoms with Gasteiger partial charge in [-0.05, 0) is 87.5 Å². The van der Waals surface area contributed by atoms with Crippen LogP contribution in [0.3, 0.4) is 0 Å². The van der Waals surface area contributed by atoms with Crippen molar-refractivity contribution in [1.29, 1.82) is 0 Å². The molecule has 0 heterocycles. The molecule has 0 atom stereocenters. The molecule has 7 heteroatoms. The lowest BCUT2D eigenvalue weighted by Crippen LogP contribution is -2.54. The summed E-state index contributed by atoms with van der Waals surface area (Å²) in [5.41, 5.74) is -0.192. The van der Waals surface area contributed by atoms with E-state index in [2.05, 4.69) is 10.0 Å². The Morgan fingerprint density at radius 1 is 1.04 bits per heavy atom. The summed E-state index contributed by atoms with van der Waals surface area (Å²) in [6.45, 7) is 2.92. The first kappa shape index (κ1) is 19.7. The second-order valence-corrected chi connectivity index (χ2v) is 10.5. The van der Waals surface area contributed by atoms with Gasteiger partial charge in [-0.25, -0.2) is 13.1 Å². The second-order valence-electron chi connectivity index (χ2n) is 8.76. The molecule has 0 saturated heterocycles. The van der Waals surface area contributed by atoms with Crippen molar-refractivity contribution in [3.8, 4) is 5.75 Å². The average Bonchev–Trinajstić information content (AvgIpc) is 2.65. The first-order valence-electron chi connectivity index (χ1n) is 10.4. The van der Waals surface area contributed by atoms with Gasteiger partial charge in [0.15, 0.2) is 0 Å². The van der Waals surface area contributed by atoms with Crippen molar-refractivity contribution in [2.24, 2.45) is 23.2 Å². The molecule has 28 heavy (non-hydrogen) atoms. The Hall–Kier alpha value is -1.60. The number of sulfonamides is 1. The summed E-state index contributed by atoms with van der Waals surface area (Å²) < 4.78 is 32.7. The van der Waals surface area contributed by atoms with E-state index < -0.39 is 10.0 Å². The monoisotopic (exact) mass is 406 g/mol. The molecular weight excluding hydrogens is 376 g/mol. The first-order valence-corrected chi connectivity index (χ1v) is 11.9. The highest BCUT2D eigenvalue weighted by Gasteiger charge is 2.54. The zero-order chi connectivity index (χ0) is 19.8. The molecule has 2 N–H and O–H groups in total. The molecule has 0 aromatic heterocycles. The van der Waals surface area contributed by atoms with E-state index in [1.54, 1.807) is 12.1 Å². The number of carbonyl (C=O) groups excluding carboxylic acids is 1. The molecule has 154 valence electrons. The van der Waals surface area contributed by atoms with Crippen molar-refractivity contribution in [3.63, 3.8) is 0 Å². The lowest BCUT2D eigenvalue weighted by Gasteiger charge is -2.55. The maximum absolute atomic E-state index is 12.9. The summed E-state index contributed by atoms with van der Waals surface area (Å²) in [5, 5.41) is 3.00. The Balaban J connectivity index is 1.28. The van der Waals surface area contributed by atoms with Gasteiger partial charge in [-0.1, -0.05) is 0 Å². The Morgan fingerprint density at radius 2 is 1.61 bits per heavy atom. The molecule has 1 amide bonds. The van der Waals surface area contributed by atoms with Crippen LogP contribution in [-0.2, 0) is 14.8 Å². The molecule has 0 radical (unpaired) electrons. The summed E-state index contributed by atoms with van der Waals surface area (Å²) in [4.78, 5) is 13.1. The van der Waals surface area contributed by atoms with Gasteiger partial charge in [0.05, 0.1) is 11.5 Å². The van der Waals surface area contributed by atoms with E-state index in [4.69, 9.17) is 4.74 Å². The quantitative estimate of drug-likeness (QED) is 0.650. The van der Waals surface area contributed by atoms with Crippen LogP contribution >= 0.6 is 0 Å². The SMILES string of the molecule is CCOc1ccc(S(=O)(=O)NCCNC(=O)C23CC4CC(CC(C4)C2)C3)cc1. The fraction of sp³-hybridized carbons (Fsp3) is 0.667. The van der Waals surface area contributed by atoms with Crippen LogP contribution < -0.4 is 14.8 Å². The number of ether oxygens (including phenoxy) is 1. The van der Waals surface area contributed by atoms with Crippen LogP contribution in [-0.4, -0.2) is 34.0 Å². The normalized spacial score (nSPS) is 31.0. The van der Waals surface area contributed by atoms with Crippen LogP contribution in [0, 0.1) is 23.2 Å². The molecule has 0 spiro atoms. The fourth-order valence-electron chi connectivity index (χ4n) is 5.90. The third-order valence-electron chi connectivity index (χ3n) is 6.67. The van der Waals surface area contributed by atoms with Crippen LogP contribution in [0.2, 0.25) is 0 Å². The van der Waals surface area contributed by atoms with Crippen molar-refractivity contribution in [2.45, 2.75) is 50.3 Å². The smallest absolute Gasteiger partial charge is 0.240 e. The highest BCUT2D eigenvalue weighted by atomic mass is 32.2. The highest BCUT2D eigenvalue weighted by molar-refractivity contribution is 7.89. The van der Waals surface area contributed by atoms with Gasteiger partial charge in [0, 0.05) is 18.5 Å². The van der Waals surface area contributed by atoms with Crippen molar-refractivity contribution in [3.05, 3.63) is 24.3 Å². The number of carbonyl (C=O) groups is 1. The number of benzene rings is 1. The maximum Gasteiger partial charge on any atom is 0.240 e. The molecule has 4 aliphatic rings. The van der Waals surface area contributed by atoms with E-state index >= 15 is 0 Å². The van der Waals surface area contributed by atoms with E-state index in [9.17, 15) is 13.2 Å². The Kier molecular flexibility index (Phi) is 5.40. The Bertz CT molecular complexity index is 784. The van der Waals surface area contributed by atoms with Gasteiger partial charge in [0.1, 0.15) is 5.75 Å². The highest BCUT2D eigenvalue weighted by Crippen LogP contribution is 2.60. The van der Waals surface area contributed by atoms with Crippen molar-refractivity contribution in [1.82, 2.24) is 10.0 Å². The van der Waals surface area contributed by atoms with Crippen LogP contribution in [0.4, 0.5) is 0 Å². The zero-order valence-electron chi connectivity index (χ0n) is 16.4. The van der Waals surface area contributed by atoms with E-state index in [0.717, 1.165) is 37.0 Å². The minimum absolute atomic E-state index is 0.131. The molecule has 1 aromatic rings. The van der Waals surface area contributed by atoms with Gasteiger partial charge in [0.2, 0.25) is 15.9 Å². The molecule has 4 bridgehead atoms.